The Morgan fingerprint density at radius 2 is 2.20 bits per heavy atom. The number of amides is 1. The van der Waals surface area contributed by atoms with Gasteiger partial charge in [-0.05, 0) is 25.6 Å². The monoisotopic (exact) mass is 232 g/mol. The van der Waals surface area contributed by atoms with Gasteiger partial charge in [-0.15, -0.1) is 11.8 Å². The molecule has 1 rings (SSSR count). The lowest BCUT2D eigenvalue weighted by molar-refractivity contribution is -0.134. The Bertz CT molecular complexity index is 196. The topological polar surface area (TPSA) is 55.6 Å². The molecular formula is C10H20N2O2S. The van der Waals surface area contributed by atoms with Crippen LogP contribution in [0.5, 0.6) is 0 Å². The number of thioether (sulfide) groups is 1. The van der Waals surface area contributed by atoms with Gasteiger partial charge >= 0.3 is 0 Å². The Morgan fingerprint density at radius 1 is 1.53 bits per heavy atom. The number of hydrogen-bond donors (Lipinski definition) is 1. The van der Waals surface area contributed by atoms with Gasteiger partial charge in [0.2, 0.25) is 5.91 Å². The van der Waals surface area contributed by atoms with Crippen LogP contribution in [0.3, 0.4) is 0 Å². The second kappa shape index (κ2) is 7.09. The van der Waals surface area contributed by atoms with E-state index in [1.54, 1.807) is 11.8 Å². The highest BCUT2D eigenvalue weighted by molar-refractivity contribution is 8.00. The van der Waals surface area contributed by atoms with Gasteiger partial charge in [-0.2, -0.15) is 0 Å². The molecule has 0 spiro atoms. The maximum Gasteiger partial charge on any atom is 0.235 e. The first-order valence-corrected chi connectivity index (χ1v) is 6.48. The van der Waals surface area contributed by atoms with Crippen molar-refractivity contribution in [1.29, 1.82) is 0 Å². The summed E-state index contributed by atoms with van der Waals surface area (Å²) in [6.07, 6.45) is 0.978. The second-order valence-electron chi connectivity index (χ2n) is 3.59. The predicted octanol–water partition coefficient (Wildman–Crippen LogP) is 0.316. The van der Waals surface area contributed by atoms with Crippen LogP contribution in [0, 0.1) is 0 Å². The van der Waals surface area contributed by atoms with E-state index in [1.807, 2.05) is 11.8 Å². The van der Waals surface area contributed by atoms with Crippen LogP contribution in [-0.2, 0) is 9.53 Å². The smallest absolute Gasteiger partial charge is 0.235 e. The van der Waals surface area contributed by atoms with Crippen molar-refractivity contribution in [3.63, 3.8) is 0 Å². The van der Waals surface area contributed by atoms with Crippen LogP contribution >= 0.6 is 11.8 Å². The highest BCUT2D eigenvalue weighted by atomic mass is 32.2. The van der Waals surface area contributed by atoms with Crippen LogP contribution in [-0.4, -0.2) is 54.7 Å². The fourth-order valence-electron chi connectivity index (χ4n) is 1.46. The lowest BCUT2D eigenvalue weighted by Gasteiger charge is -2.29. The zero-order valence-corrected chi connectivity index (χ0v) is 10.1. The molecule has 1 heterocycles. The molecule has 88 valence electrons. The number of morpholine rings is 1. The Balaban J connectivity index is 2.24. The zero-order chi connectivity index (χ0) is 11.1. The van der Waals surface area contributed by atoms with Gasteiger partial charge < -0.3 is 15.4 Å². The van der Waals surface area contributed by atoms with E-state index in [2.05, 4.69) is 0 Å². The first-order valence-electron chi connectivity index (χ1n) is 5.44. The van der Waals surface area contributed by atoms with Crippen LogP contribution in [0.1, 0.15) is 13.3 Å². The molecule has 0 saturated carbocycles. The van der Waals surface area contributed by atoms with Crippen molar-refractivity contribution in [1.82, 2.24) is 4.90 Å². The molecule has 15 heavy (non-hydrogen) atoms. The van der Waals surface area contributed by atoms with Crippen molar-refractivity contribution in [2.45, 2.75) is 18.6 Å². The van der Waals surface area contributed by atoms with Gasteiger partial charge in [0.1, 0.15) is 0 Å². The molecule has 0 aromatic carbocycles. The molecule has 1 fully saturated rings. The van der Waals surface area contributed by atoms with Crippen molar-refractivity contribution in [2.24, 2.45) is 5.73 Å². The summed E-state index contributed by atoms with van der Waals surface area (Å²) in [5.74, 6) is 1.20. The number of carbonyl (C=O) groups is 1. The standard InChI is InChI=1S/C10H20N2O2S/c1-9(15-8-2-3-11)10(13)12-4-6-14-7-5-12/h9H,2-8,11H2,1H3. The number of ether oxygens (including phenoxy) is 1. The predicted molar refractivity (Wildman–Crippen MR) is 63.0 cm³/mol. The van der Waals surface area contributed by atoms with Crippen molar-refractivity contribution < 1.29 is 9.53 Å². The van der Waals surface area contributed by atoms with Crippen molar-refractivity contribution in [3.8, 4) is 0 Å². The maximum atomic E-state index is 11.9. The van der Waals surface area contributed by atoms with Crippen LogP contribution in [0.25, 0.3) is 0 Å². The van der Waals surface area contributed by atoms with Crippen LogP contribution in [0.2, 0.25) is 0 Å². The molecular weight excluding hydrogens is 212 g/mol. The third-order valence-corrected chi connectivity index (χ3v) is 3.61. The zero-order valence-electron chi connectivity index (χ0n) is 9.28. The Kier molecular flexibility index (Phi) is 6.05. The number of carbonyl (C=O) groups excluding carboxylic acids is 1. The molecule has 1 aliphatic heterocycles. The van der Waals surface area contributed by atoms with Crippen LogP contribution in [0.4, 0.5) is 0 Å². The molecule has 1 atom stereocenters. The van der Waals surface area contributed by atoms with Crippen LogP contribution in [0.15, 0.2) is 0 Å². The minimum atomic E-state index is 0.0506. The fraction of sp³-hybridized carbons (Fsp3) is 0.900. The lowest BCUT2D eigenvalue weighted by Crippen LogP contribution is -2.44. The Hall–Kier alpha value is -0.260. The van der Waals surface area contributed by atoms with E-state index in [-0.39, 0.29) is 11.2 Å². The molecule has 1 saturated heterocycles. The third kappa shape index (κ3) is 4.40. The largest absolute Gasteiger partial charge is 0.378 e. The molecule has 1 amide bonds. The van der Waals surface area contributed by atoms with E-state index >= 15 is 0 Å². The highest BCUT2D eigenvalue weighted by Crippen LogP contribution is 2.15. The summed E-state index contributed by atoms with van der Waals surface area (Å²) < 4.78 is 5.21. The number of nitrogens with zero attached hydrogens (tertiary/aromatic N) is 1. The molecule has 0 radical (unpaired) electrons. The maximum absolute atomic E-state index is 11.9. The lowest BCUT2D eigenvalue weighted by atomic mass is 10.3. The molecule has 0 bridgehead atoms. The fourth-order valence-corrected chi connectivity index (χ4v) is 2.43. The molecule has 0 aliphatic carbocycles. The number of hydrogen-bond acceptors (Lipinski definition) is 4. The van der Waals surface area contributed by atoms with E-state index in [1.165, 1.54) is 0 Å². The quantitative estimate of drug-likeness (QED) is 0.693. The molecule has 0 aromatic rings. The van der Waals surface area contributed by atoms with Gasteiger partial charge in [0.25, 0.3) is 0 Å². The van der Waals surface area contributed by atoms with Crippen molar-refractivity contribution >= 4 is 17.7 Å². The normalized spacial score (nSPS) is 18.9. The molecule has 2 N–H and O–H groups in total. The Labute approximate surface area is 95.5 Å². The van der Waals surface area contributed by atoms with E-state index in [0.29, 0.717) is 19.8 Å². The summed E-state index contributed by atoms with van der Waals surface area (Å²) in [4.78, 5) is 13.8. The summed E-state index contributed by atoms with van der Waals surface area (Å²) in [5.41, 5.74) is 5.41. The summed E-state index contributed by atoms with van der Waals surface area (Å²) in [6.45, 7) is 5.49. The van der Waals surface area contributed by atoms with E-state index in [9.17, 15) is 4.79 Å². The summed E-state index contributed by atoms with van der Waals surface area (Å²) in [6, 6.07) is 0. The third-order valence-electron chi connectivity index (χ3n) is 2.39. The van der Waals surface area contributed by atoms with E-state index in [4.69, 9.17) is 10.5 Å². The van der Waals surface area contributed by atoms with Gasteiger partial charge in [0.05, 0.1) is 18.5 Å². The summed E-state index contributed by atoms with van der Waals surface area (Å²) >= 11 is 1.69. The molecule has 4 nitrogen and oxygen atoms in total. The number of rotatable bonds is 5. The van der Waals surface area contributed by atoms with Crippen LogP contribution < -0.4 is 5.73 Å². The Morgan fingerprint density at radius 3 is 2.80 bits per heavy atom. The van der Waals surface area contributed by atoms with Gasteiger partial charge in [-0.1, -0.05) is 0 Å². The molecule has 0 aromatic heterocycles. The molecule has 5 heteroatoms. The average molecular weight is 232 g/mol. The summed E-state index contributed by atoms with van der Waals surface area (Å²) in [7, 11) is 0. The number of nitrogens with two attached hydrogens (primary N) is 1. The average Bonchev–Trinajstić information content (AvgIpc) is 2.29. The van der Waals surface area contributed by atoms with Gasteiger partial charge in [-0.25, -0.2) is 0 Å². The first-order chi connectivity index (χ1) is 7.25. The first kappa shape index (κ1) is 12.8. The van der Waals surface area contributed by atoms with E-state index in [0.717, 1.165) is 25.3 Å². The van der Waals surface area contributed by atoms with E-state index < -0.39 is 0 Å². The second-order valence-corrected chi connectivity index (χ2v) is 5.04. The molecule has 1 unspecified atom stereocenters. The van der Waals surface area contributed by atoms with Gasteiger partial charge in [0, 0.05) is 13.1 Å². The SMILES string of the molecule is CC(SCCCN)C(=O)N1CCOCC1. The van der Waals surface area contributed by atoms with Crippen molar-refractivity contribution in [2.75, 3.05) is 38.6 Å². The van der Waals surface area contributed by atoms with Gasteiger partial charge in [-0.3, -0.25) is 4.79 Å². The summed E-state index contributed by atoms with van der Waals surface area (Å²) in [5, 5.41) is 0.0506. The molecule has 1 aliphatic rings. The minimum Gasteiger partial charge on any atom is -0.378 e. The van der Waals surface area contributed by atoms with Gasteiger partial charge in [0.15, 0.2) is 0 Å². The van der Waals surface area contributed by atoms with Crippen molar-refractivity contribution in [3.05, 3.63) is 0 Å². The highest BCUT2D eigenvalue weighted by Gasteiger charge is 2.22. The minimum absolute atomic E-state index is 0.0506.